The minimum atomic E-state index is -3.53. The van der Waals surface area contributed by atoms with Crippen LogP contribution in [0.25, 0.3) is 0 Å². The van der Waals surface area contributed by atoms with Crippen molar-refractivity contribution < 1.29 is 17.9 Å². The fourth-order valence-electron chi connectivity index (χ4n) is 2.49. The number of rotatable bonds is 8. The highest BCUT2D eigenvalue weighted by Crippen LogP contribution is 2.25. The highest BCUT2D eigenvalue weighted by molar-refractivity contribution is 7.89. The maximum atomic E-state index is 12.4. The highest BCUT2D eigenvalue weighted by atomic mass is 32.2. The second-order valence-corrected chi connectivity index (χ2v) is 8.04. The molecule has 2 aromatic carbocycles. The van der Waals surface area contributed by atoms with Gasteiger partial charge in [-0.1, -0.05) is 24.3 Å². The normalized spacial score (nSPS) is 11.4. The van der Waals surface area contributed by atoms with Crippen molar-refractivity contribution in [3.05, 3.63) is 54.1 Å². The van der Waals surface area contributed by atoms with E-state index >= 15 is 0 Å². The molecule has 0 heterocycles. The smallest absolute Gasteiger partial charge is 0.242 e. The average Bonchev–Trinajstić information content (AvgIpc) is 2.62. The zero-order chi connectivity index (χ0) is 19.2. The summed E-state index contributed by atoms with van der Waals surface area (Å²) in [6.07, 6.45) is 0.633. The Labute approximate surface area is 154 Å². The number of carbonyl (C=O) groups is 1. The molecular formula is C19H24N2O4S. The number of amides is 1. The molecule has 6 nitrogen and oxygen atoms in total. The third-order valence-electron chi connectivity index (χ3n) is 3.96. The molecule has 0 saturated carbocycles. The third kappa shape index (κ3) is 5.06. The van der Waals surface area contributed by atoms with E-state index in [-0.39, 0.29) is 23.8 Å². The third-order valence-corrected chi connectivity index (χ3v) is 5.83. The number of ether oxygens (including phenoxy) is 1. The Morgan fingerprint density at radius 1 is 1.15 bits per heavy atom. The van der Waals surface area contributed by atoms with Crippen LogP contribution in [0.15, 0.2) is 53.4 Å². The molecule has 26 heavy (non-hydrogen) atoms. The van der Waals surface area contributed by atoms with E-state index in [1.165, 1.54) is 11.4 Å². The van der Waals surface area contributed by atoms with Crippen molar-refractivity contribution in [1.29, 1.82) is 0 Å². The molecule has 1 amide bonds. The number of nitrogens with zero attached hydrogens (tertiary/aromatic N) is 1. The van der Waals surface area contributed by atoms with Crippen molar-refractivity contribution in [3.8, 4) is 5.75 Å². The lowest BCUT2D eigenvalue weighted by Gasteiger charge is -2.17. The molecule has 0 aliphatic rings. The topological polar surface area (TPSA) is 75.7 Å². The maximum Gasteiger partial charge on any atom is 0.242 e. The van der Waals surface area contributed by atoms with Crippen LogP contribution in [0.4, 0.5) is 5.69 Å². The van der Waals surface area contributed by atoms with Gasteiger partial charge in [-0.05, 0) is 43.2 Å². The molecule has 1 N–H and O–H groups in total. The van der Waals surface area contributed by atoms with E-state index < -0.39 is 10.0 Å². The Hall–Kier alpha value is -2.38. The molecule has 0 bridgehead atoms. The SMILES string of the molecule is COc1ccc(C)cc1NC(=O)CCCN(C)S(=O)(=O)c1ccccc1. The van der Waals surface area contributed by atoms with E-state index in [1.807, 2.05) is 19.1 Å². The lowest BCUT2D eigenvalue weighted by molar-refractivity contribution is -0.116. The van der Waals surface area contributed by atoms with Gasteiger partial charge in [0.1, 0.15) is 5.75 Å². The number of nitrogens with one attached hydrogen (secondary N) is 1. The van der Waals surface area contributed by atoms with Gasteiger partial charge >= 0.3 is 0 Å². The minimum Gasteiger partial charge on any atom is -0.495 e. The predicted molar refractivity (Wildman–Crippen MR) is 102 cm³/mol. The van der Waals surface area contributed by atoms with Gasteiger partial charge in [0.15, 0.2) is 0 Å². The van der Waals surface area contributed by atoms with Gasteiger partial charge in [0.25, 0.3) is 0 Å². The van der Waals surface area contributed by atoms with Gasteiger partial charge < -0.3 is 10.1 Å². The molecule has 0 aliphatic heterocycles. The van der Waals surface area contributed by atoms with Crippen LogP contribution in [-0.4, -0.2) is 39.3 Å². The number of anilines is 1. The van der Waals surface area contributed by atoms with Crippen LogP contribution in [0.5, 0.6) is 5.75 Å². The van der Waals surface area contributed by atoms with Gasteiger partial charge in [-0.25, -0.2) is 12.7 Å². The van der Waals surface area contributed by atoms with Crippen molar-refractivity contribution in [2.45, 2.75) is 24.7 Å². The minimum absolute atomic E-state index is 0.181. The Bertz CT molecular complexity index is 851. The van der Waals surface area contributed by atoms with Crippen molar-refractivity contribution in [3.63, 3.8) is 0 Å². The van der Waals surface area contributed by atoms with Crippen LogP contribution in [-0.2, 0) is 14.8 Å². The molecule has 0 atom stereocenters. The molecule has 0 aromatic heterocycles. The van der Waals surface area contributed by atoms with Gasteiger partial charge in [0.05, 0.1) is 17.7 Å². The van der Waals surface area contributed by atoms with Crippen molar-refractivity contribution in [1.82, 2.24) is 4.31 Å². The number of aryl methyl sites for hydroxylation is 1. The quantitative estimate of drug-likeness (QED) is 0.768. The van der Waals surface area contributed by atoms with E-state index in [1.54, 1.807) is 43.5 Å². The summed E-state index contributed by atoms with van der Waals surface area (Å²) in [7, 11) is -0.467. The van der Waals surface area contributed by atoms with E-state index in [4.69, 9.17) is 4.74 Å². The second-order valence-electron chi connectivity index (χ2n) is 6.00. The molecule has 140 valence electrons. The van der Waals surface area contributed by atoms with Crippen LogP contribution in [0.3, 0.4) is 0 Å². The summed E-state index contributed by atoms with van der Waals surface area (Å²) in [5.41, 5.74) is 1.62. The summed E-state index contributed by atoms with van der Waals surface area (Å²) >= 11 is 0. The van der Waals surface area contributed by atoms with Crippen LogP contribution in [0.1, 0.15) is 18.4 Å². The number of sulfonamides is 1. The predicted octanol–water partition coefficient (Wildman–Crippen LogP) is 3.04. The molecule has 0 unspecified atom stereocenters. The first-order valence-corrected chi connectivity index (χ1v) is 9.74. The summed E-state index contributed by atoms with van der Waals surface area (Å²) < 4.78 is 31.4. The van der Waals surface area contributed by atoms with Gasteiger partial charge in [-0.15, -0.1) is 0 Å². The molecule has 0 radical (unpaired) electrons. The summed E-state index contributed by atoms with van der Waals surface area (Å²) in [6, 6.07) is 13.8. The fraction of sp³-hybridized carbons (Fsp3) is 0.316. The Morgan fingerprint density at radius 3 is 2.50 bits per heavy atom. The molecular weight excluding hydrogens is 352 g/mol. The Balaban J connectivity index is 1.89. The lowest BCUT2D eigenvalue weighted by atomic mass is 10.2. The zero-order valence-electron chi connectivity index (χ0n) is 15.2. The summed E-state index contributed by atoms with van der Waals surface area (Å²) in [6.45, 7) is 2.19. The van der Waals surface area contributed by atoms with E-state index in [0.717, 1.165) is 5.56 Å². The van der Waals surface area contributed by atoms with Gasteiger partial charge in [-0.2, -0.15) is 0 Å². The Morgan fingerprint density at radius 2 is 1.85 bits per heavy atom. The van der Waals surface area contributed by atoms with Crippen LogP contribution in [0.2, 0.25) is 0 Å². The number of methoxy groups -OCH3 is 1. The van der Waals surface area contributed by atoms with Crippen LogP contribution in [0, 0.1) is 6.92 Å². The van der Waals surface area contributed by atoms with E-state index in [9.17, 15) is 13.2 Å². The van der Waals surface area contributed by atoms with Crippen LogP contribution >= 0.6 is 0 Å². The average molecular weight is 376 g/mol. The first-order valence-electron chi connectivity index (χ1n) is 8.30. The van der Waals surface area contributed by atoms with E-state index in [2.05, 4.69) is 5.32 Å². The van der Waals surface area contributed by atoms with E-state index in [0.29, 0.717) is 17.9 Å². The molecule has 0 spiro atoms. The fourth-order valence-corrected chi connectivity index (χ4v) is 3.72. The summed E-state index contributed by atoms with van der Waals surface area (Å²) in [5, 5.41) is 2.81. The number of hydrogen-bond acceptors (Lipinski definition) is 4. The molecule has 0 aliphatic carbocycles. The van der Waals surface area contributed by atoms with Crippen molar-refractivity contribution in [2.24, 2.45) is 0 Å². The molecule has 0 saturated heterocycles. The number of carbonyl (C=O) groups excluding carboxylic acids is 1. The van der Waals surface area contributed by atoms with Gasteiger partial charge in [0.2, 0.25) is 15.9 Å². The van der Waals surface area contributed by atoms with Gasteiger partial charge in [-0.3, -0.25) is 4.79 Å². The molecule has 7 heteroatoms. The van der Waals surface area contributed by atoms with Gasteiger partial charge in [0, 0.05) is 20.0 Å². The summed E-state index contributed by atoms with van der Waals surface area (Å²) in [4.78, 5) is 12.4. The summed E-state index contributed by atoms with van der Waals surface area (Å²) in [5.74, 6) is 0.409. The molecule has 2 aromatic rings. The second kappa shape index (κ2) is 8.82. The molecule has 0 fully saturated rings. The lowest BCUT2D eigenvalue weighted by Crippen LogP contribution is -2.28. The standard InChI is InChI=1S/C19H24N2O4S/c1-15-11-12-18(25-3)17(14-15)20-19(22)10-7-13-21(2)26(23,24)16-8-5-4-6-9-16/h4-6,8-9,11-12,14H,7,10,13H2,1-3H3,(H,20,22). The highest BCUT2D eigenvalue weighted by Gasteiger charge is 2.20. The van der Waals surface area contributed by atoms with Crippen LogP contribution < -0.4 is 10.1 Å². The first-order chi connectivity index (χ1) is 12.3. The zero-order valence-corrected chi connectivity index (χ0v) is 16.0. The largest absolute Gasteiger partial charge is 0.495 e. The monoisotopic (exact) mass is 376 g/mol. The number of benzene rings is 2. The van der Waals surface area contributed by atoms with Crippen molar-refractivity contribution in [2.75, 3.05) is 26.0 Å². The first kappa shape index (κ1) is 19.9. The maximum absolute atomic E-state index is 12.4. The number of hydrogen-bond donors (Lipinski definition) is 1. The Kier molecular flexibility index (Phi) is 6.76. The molecule has 2 rings (SSSR count). The van der Waals surface area contributed by atoms with Crippen molar-refractivity contribution >= 4 is 21.6 Å².